The molecule has 0 aliphatic rings. The second kappa shape index (κ2) is 9.54. The highest BCUT2D eigenvalue weighted by molar-refractivity contribution is 6.29. The van der Waals surface area contributed by atoms with E-state index in [1.54, 1.807) is 24.3 Å². The Kier molecular flexibility index (Phi) is 6.62. The van der Waals surface area contributed by atoms with E-state index in [4.69, 9.17) is 0 Å². The number of rotatable bonds is 6. The minimum Gasteiger partial charge on any atom is -0.545 e. The fourth-order valence-electron chi connectivity index (χ4n) is 2.92. The van der Waals surface area contributed by atoms with Crippen LogP contribution in [0.5, 0.6) is 0 Å². The van der Waals surface area contributed by atoms with Crippen LogP contribution in [0.25, 0.3) is 6.08 Å². The lowest BCUT2D eigenvalue weighted by atomic mass is 10.1. The van der Waals surface area contributed by atoms with Crippen molar-refractivity contribution in [1.29, 1.82) is 0 Å². The van der Waals surface area contributed by atoms with Gasteiger partial charge in [-0.3, -0.25) is 9.59 Å². The Morgan fingerprint density at radius 2 is 1.16 bits per heavy atom. The van der Waals surface area contributed by atoms with E-state index in [0.717, 1.165) is 11.1 Å². The monoisotopic (exact) mass is 413 g/mol. The normalized spacial score (nSPS) is 10.1. The van der Waals surface area contributed by atoms with Crippen molar-refractivity contribution in [2.45, 2.75) is 13.8 Å². The molecule has 0 saturated carbocycles. The van der Waals surface area contributed by atoms with Gasteiger partial charge < -0.3 is 20.5 Å². The molecule has 3 aromatic rings. The van der Waals surface area contributed by atoms with Gasteiger partial charge in [-0.25, -0.2) is 0 Å². The average Bonchev–Trinajstić information content (AvgIpc) is 2.75. The van der Waals surface area contributed by atoms with Crippen molar-refractivity contribution in [2.75, 3.05) is 10.6 Å². The molecule has 3 rings (SSSR count). The summed E-state index contributed by atoms with van der Waals surface area (Å²) in [6.07, 6.45) is 1.42. The van der Waals surface area contributed by atoms with Crippen LogP contribution in [-0.2, 0) is 9.59 Å². The molecule has 156 valence electrons. The molecule has 2 amide bonds. The molecule has 0 saturated heterocycles. The Morgan fingerprint density at radius 1 is 0.710 bits per heavy atom. The molecule has 0 aliphatic heterocycles. The zero-order valence-corrected chi connectivity index (χ0v) is 17.1. The van der Waals surface area contributed by atoms with Crippen LogP contribution in [0.1, 0.15) is 27.0 Å². The van der Waals surface area contributed by atoms with E-state index in [1.807, 2.05) is 38.1 Å². The number of carbonyl (C=O) groups excluding carboxylic acids is 3. The van der Waals surface area contributed by atoms with Gasteiger partial charge in [-0.2, -0.15) is 0 Å². The van der Waals surface area contributed by atoms with Gasteiger partial charge in [0, 0.05) is 11.4 Å². The molecule has 0 spiro atoms. The van der Waals surface area contributed by atoms with Gasteiger partial charge in [0.05, 0.1) is 5.97 Å². The van der Waals surface area contributed by atoms with Crippen molar-refractivity contribution in [2.24, 2.45) is 0 Å². The molecule has 3 aromatic carbocycles. The number of aromatic carboxylic acids is 1. The third kappa shape index (κ3) is 5.45. The van der Waals surface area contributed by atoms with E-state index in [1.165, 1.54) is 30.3 Å². The molecular weight excluding hydrogens is 392 g/mol. The van der Waals surface area contributed by atoms with Gasteiger partial charge in [0.1, 0.15) is 5.57 Å². The highest BCUT2D eigenvalue weighted by atomic mass is 16.4. The largest absolute Gasteiger partial charge is 0.545 e. The first-order chi connectivity index (χ1) is 14.8. The number of aryl methyl sites for hydroxylation is 2. The molecule has 0 radical (unpaired) electrons. The third-order valence-corrected chi connectivity index (χ3v) is 4.73. The van der Waals surface area contributed by atoms with E-state index in [-0.39, 0.29) is 11.1 Å². The van der Waals surface area contributed by atoms with E-state index < -0.39 is 17.8 Å². The Bertz CT molecular complexity index is 1100. The first-order valence-corrected chi connectivity index (χ1v) is 9.62. The number of hydrogen-bond acceptors (Lipinski definition) is 4. The number of carboxylic acid groups (broad SMARTS) is 1. The maximum Gasteiger partial charge on any atom is 0.261 e. The van der Waals surface area contributed by atoms with Gasteiger partial charge in [-0.15, -0.1) is 0 Å². The quantitative estimate of drug-likeness (QED) is 0.368. The zero-order chi connectivity index (χ0) is 22.4. The molecule has 0 bridgehead atoms. The van der Waals surface area contributed by atoms with Gasteiger partial charge in [0.25, 0.3) is 11.8 Å². The number of para-hydroxylation sites is 2. The van der Waals surface area contributed by atoms with E-state index in [2.05, 4.69) is 10.6 Å². The van der Waals surface area contributed by atoms with E-state index >= 15 is 0 Å². The first kappa shape index (κ1) is 21.5. The molecule has 6 nitrogen and oxygen atoms in total. The SMILES string of the molecule is Cc1ccccc1NC(=O)C(=Cc1ccc(C(=O)[O-])cc1)C(=O)Nc1ccccc1C. The third-order valence-electron chi connectivity index (χ3n) is 4.73. The molecule has 0 aliphatic carbocycles. The topological polar surface area (TPSA) is 98.3 Å². The molecule has 0 unspecified atom stereocenters. The zero-order valence-electron chi connectivity index (χ0n) is 17.1. The van der Waals surface area contributed by atoms with E-state index in [0.29, 0.717) is 16.9 Å². The highest BCUT2D eigenvalue weighted by Gasteiger charge is 2.20. The van der Waals surface area contributed by atoms with Crippen LogP contribution in [0.2, 0.25) is 0 Å². The number of amides is 2. The summed E-state index contributed by atoms with van der Waals surface area (Å²) in [7, 11) is 0. The van der Waals surface area contributed by atoms with Crippen LogP contribution in [-0.4, -0.2) is 17.8 Å². The number of hydrogen-bond donors (Lipinski definition) is 2. The van der Waals surface area contributed by atoms with Crippen LogP contribution in [0, 0.1) is 13.8 Å². The molecule has 0 heterocycles. The lowest BCUT2D eigenvalue weighted by molar-refractivity contribution is -0.255. The summed E-state index contributed by atoms with van der Waals surface area (Å²) < 4.78 is 0. The van der Waals surface area contributed by atoms with Crippen molar-refractivity contribution in [3.63, 3.8) is 0 Å². The minimum absolute atomic E-state index is 0.00687. The number of nitrogens with one attached hydrogen (secondary N) is 2. The fourth-order valence-corrected chi connectivity index (χ4v) is 2.92. The predicted octanol–water partition coefficient (Wildman–Crippen LogP) is 3.33. The van der Waals surface area contributed by atoms with Gasteiger partial charge in [-0.1, -0.05) is 60.7 Å². The summed E-state index contributed by atoms with van der Waals surface area (Å²) in [5.74, 6) is -2.46. The highest BCUT2D eigenvalue weighted by Crippen LogP contribution is 2.19. The molecule has 2 N–H and O–H groups in total. The van der Waals surface area contributed by atoms with Crippen LogP contribution in [0.15, 0.2) is 78.4 Å². The summed E-state index contributed by atoms with van der Waals surface area (Å²) in [5, 5.41) is 16.5. The van der Waals surface area contributed by atoms with Crippen molar-refractivity contribution >= 4 is 35.2 Å². The van der Waals surface area contributed by atoms with Gasteiger partial charge >= 0.3 is 0 Å². The summed E-state index contributed by atoms with van der Waals surface area (Å²) in [6.45, 7) is 3.70. The number of carboxylic acids is 1. The number of benzene rings is 3. The standard InChI is InChI=1S/C25H22N2O4/c1-16-7-3-5-9-21(16)26-23(28)20(15-18-11-13-19(14-12-18)25(30)31)24(29)27-22-10-6-4-8-17(22)2/h3-15H,1-2H3,(H,26,28)(H,27,29)(H,30,31)/p-1. The van der Waals surface area contributed by atoms with Gasteiger partial charge in [-0.05, 0) is 54.3 Å². The summed E-state index contributed by atoms with van der Waals surface area (Å²) in [5.41, 5.74) is 3.28. The van der Waals surface area contributed by atoms with Crippen molar-refractivity contribution < 1.29 is 19.5 Å². The second-order valence-corrected chi connectivity index (χ2v) is 7.01. The average molecular weight is 413 g/mol. The Hall–Kier alpha value is -4.19. The van der Waals surface area contributed by atoms with Crippen molar-refractivity contribution in [3.05, 3.63) is 101 Å². The summed E-state index contributed by atoms with van der Waals surface area (Å²) in [4.78, 5) is 37.0. The Balaban J connectivity index is 1.95. The fraction of sp³-hybridized carbons (Fsp3) is 0.0800. The van der Waals surface area contributed by atoms with Crippen LogP contribution in [0.4, 0.5) is 11.4 Å². The Morgan fingerprint density at radius 3 is 1.58 bits per heavy atom. The molecule has 0 aromatic heterocycles. The Labute approximate surface area is 180 Å². The maximum absolute atomic E-state index is 13.0. The van der Waals surface area contributed by atoms with E-state index in [9.17, 15) is 19.5 Å². The minimum atomic E-state index is -1.30. The van der Waals surface area contributed by atoms with Crippen LogP contribution >= 0.6 is 0 Å². The second-order valence-electron chi connectivity index (χ2n) is 7.01. The molecule has 6 heteroatoms. The lowest BCUT2D eigenvalue weighted by Crippen LogP contribution is -2.26. The summed E-state index contributed by atoms with van der Waals surface area (Å²) >= 11 is 0. The molecular formula is C25H21N2O4-. The number of anilines is 2. The van der Waals surface area contributed by atoms with Gasteiger partial charge in [0.15, 0.2) is 0 Å². The van der Waals surface area contributed by atoms with Crippen molar-refractivity contribution in [1.82, 2.24) is 0 Å². The van der Waals surface area contributed by atoms with Gasteiger partial charge in [0.2, 0.25) is 0 Å². The summed E-state index contributed by atoms with van der Waals surface area (Å²) in [6, 6.07) is 20.2. The van der Waals surface area contributed by atoms with Crippen molar-refractivity contribution in [3.8, 4) is 0 Å². The molecule has 0 fully saturated rings. The van der Waals surface area contributed by atoms with Crippen LogP contribution < -0.4 is 15.7 Å². The first-order valence-electron chi connectivity index (χ1n) is 9.62. The molecule has 31 heavy (non-hydrogen) atoms. The number of carbonyl (C=O) groups is 3. The smallest absolute Gasteiger partial charge is 0.261 e. The maximum atomic E-state index is 13.0. The lowest BCUT2D eigenvalue weighted by Gasteiger charge is -2.13. The van der Waals surface area contributed by atoms with Crippen LogP contribution in [0.3, 0.4) is 0 Å². The molecule has 0 atom stereocenters. The predicted molar refractivity (Wildman–Crippen MR) is 118 cm³/mol.